The average Bonchev–Trinajstić information content (AvgIpc) is 2.63. The maximum absolute atomic E-state index is 13.7. The molecule has 1 saturated heterocycles. The molecule has 0 aromatic heterocycles. The van der Waals surface area contributed by atoms with Gasteiger partial charge in [0.05, 0.1) is 0 Å². The molecule has 3 heteroatoms. The van der Waals surface area contributed by atoms with Crippen LogP contribution in [0, 0.1) is 17.2 Å². The highest BCUT2D eigenvalue weighted by Gasteiger charge is 2.27. The molecule has 1 aromatic carbocycles. The van der Waals surface area contributed by atoms with Crippen molar-refractivity contribution in [1.82, 2.24) is 0 Å². The Kier molecular flexibility index (Phi) is 4.95. The molecule has 1 aromatic rings. The number of hydrogen-bond acceptors (Lipinski definition) is 1. The molecule has 112 valence electrons. The number of anilines is 1. The first-order chi connectivity index (χ1) is 9.40. The Hall–Kier alpha value is -0.760. The molecule has 0 bridgehead atoms. The van der Waals surface area contributed by atoms with Crippen LogP contribution in [-0.2, 0) is 5.88 Å². The zero-order valence-corrected chi connectivity index (χ0v) is 13.5. The zero-order chi connectivity index (χ0) is 14.8. The van der Waals surface area contributed by atoms with Crippen molar-refractivity contribution in [1.29, 1.82) is 0 Å². The van der Waals surface area contributed by atoms with Gasteiger partial charge in [-0.15, -0.1) is 11.6 Å². The number of rotatable bonds is 2. The van der Waals surface area contributed by atoms with Crippen LogP contribution in [0.3, 0.4) is 0 Å². The van der Waals surface area contributed by atoms with E-state index in [1.54, 1.807) is 6.07 Å². The third-order valence-corrected chi connectivity index (χ3v) is 4.72. The first kappa shape index (κ1) is 15.6. The van der Waals surface area contributed by atoms with Crippen LogP contribution < -0.4 is 4.90 Å². The zero-order valence-electron chi connectivity index (χ0n) is 12.8. The Balaban J connectivity index is 2.12. The van der Waals surface area contributed by atoms with Crippen molar-refractivity contribution in [2.24, 2.45) is 11.3 Å². The predicted molar refractivity (Wildman–Crippen MR) is 85.0 cm³/mol. The lowest BCUT2D eigenvalue weighted by molar-refractivity contribution is 0.220. The van der Waals surface area contributed by atoms with E-state index in [2.05, 4.69) is 25.7 Å². The fourth-order valence-corrected chi connectivity index (χ4v) is 3.27. The summed E-state index contributed by atoms with van der Waals surface area (Å²) >= 11 is 5.84. The van der Waals surface area contributed by atoms with Crippen molar-refractivity contribution in [2.75, 3.05) is 18.0 Å². The number of hydrogen-bond donors (Lipinski definition) is 0. The highest BCUT2D eigenvalue weighted by molar-refractivity contribution is 6.17. The molecule has 1 atom stereocenters. The maximum Gasteiger partial charge on any atom is 0.125 e. The Labute approximate surface area is 127 Å². The van der Waals surface area contributed by atoms with Gasteiger partial charge in [0.15, 0.2) is 0 Å². The Morgan fingerprint density at radius 3 is 2.60 bits per heavy atom. The second kappa shape index (κ2) is 6.34. The highest BCUT2D eigenvalue weighted by Crippen LogP contribution is 2.35. The van der Waals surface area contributed by atoms with Crippen LogP contribution in [0.2, 0.25) is 0 Å². The summed E-state index contributed by atoms with van der Waals surface area (Å²) < 4.78 is 13.7. The van der Waals surface area contributed by atoms with Crippen molar-refractivity contribution in [3.05, 3.63) is 29.6 Å². The highest BCUT2D eigenvalue weighted by atomic mass is 35.5. The van der Waals surface area contributed by atoms with Gasteiger partial charge in [-0.1, -0.05) is 20.8 Å². The molecule has 0 radical (unpaired) electrons. The topological polar surface area (TPSA) is 3.24 Å². The minimum Gasteiger partial charge on any atom is -0.371 e. The fraction of sp³-hybridized carbons (Fsp3) is 0.647. The summed E-state index contributed by atoms with van der Waals surface area (Å²) in [6, 6.07) is 5.17. The molecule has 0 spiro atoms. The van der Waals surface area contributed by atoms with Crippen LogP contribution in [0.25, 0.3) is 0 Å². The van der Waals surface area contributed by atoms with Gasteiger partial charge in [0.2, 0.25) is 0 Å². The van der Waals surface area contributed by atoms with E-state index in [1.165, 1.54) is 25.3 Å². The van der Waals surface area contributed by atoms with Gasteiger partial charge < -0.3 is 4.90 Å². The van der Waals surface area contributed by atoms with Gasteiger partial charge in [-0.3, -0.25) is 0 Å². The molecule has 20 heavy (non-hydrogen) atoms. The molecule has 1 nitrogen and oxygen atoms in total. The van der Waals surface area contributed by atoms with Crippen LogP contribution in [0.4, 0.5) is 10.1 Å². The van der Waals surface area contributed by atoms with E-state index >= 15 is 0 Å². The number of alkyl halides is 1. The van der Waals surface area contributed by atoms with E-state index < -0.39 is 0 Å². The normalized spacial score (nSPS) is 20.9. The lowest BCUT2D eigenvalue weighted by atomic mass is 9.77. The van der Waals surface area contributed by atoms with Crippen molar-refractivity contribution < 1.29 is 4.39 Å². The molecule has 1 fully saturated rings. The molecule has 0 N–H and O–H groups in total. The van der Waals surface area contributed by atoms with Gasteiger partial charge in [-0.05, 0) is 54.4 Å². The molecular formula is C17H25ClFN. The van der Waals surface area contributed by atoms with Crippen LogP contribution in [-0.4, -0.2) is 13.1 Å². The van der Waals surface area contributed by atoms with Crippen molar-refractivity contribution in [3.8, 4) is 0 Å². The molecular weight excluding hydrogens is 273 g/mol. The molecule has 2 rings (SSSR count). The molecule has 1 aliphatic heterocycles. The Bertz CT molecular complexity index is 453. The molecule has 1 heterocycles. The largest absolute Gasteiger partial charge is 0.371 e. The van der Waals surface area contributed by atoms with Crippen LogP contribution in [0.5, 0.6) is 0 Å². The third-order valence-electron chi connectivity index (χ3n) is 4.41. The summed E-state index contributed by atoms with van der Waals surface area (Å²) in [4.78, 5) is 2.31. The van der Waals surface area contributed by atoms with Crippen molar-refractivity contribution in [3.63, 3.8) is 0 Å². The van der Waals surface area contributed by atoms with Crippen LogP contribution in [0.1, 0.15) is 45.6 Å². The van der Waals surface area contributed by atoms with Gasteiger partial charge in [0.1, 0.15) is 5.82 Å². The molecule has 1 aliphatic rings. The minimum absolute atomic E-state index is 0.185. The molecule has 0 amide bonds. The maximum atomic E-state index is 13.7. The first-order valence-corrected chi connectivity index (χ1v) is 8.04. The van der Waals surface area contributed by atoms with E-state index in [0.717, 1.165) is 30.3 Å². The number of nitrogens with zero attached hydrogens (tertiary/aromatic N) is 1. The second-order valence-corrected chi connectivity index (χ2v) is 7.20. The van der Waals surface area contributed by atoms with Gasteiger partial charge in [-0.25, -0.2) is 4.39 Å². The van der Waals surface area contributed by atoms with Gasteiger partial charge in [0.25, 0.3) is 0 Å². The quantitative estimate of drug-likeness (QED) is 0.677. The fourth-order valence-electron chi connectivity index (χ4n) is 3.11. The summed E-state index contributed by atoms with van der Waals surface area (Å²) in [6.07, 6.45) is 3.61. The SMILES string of the molecule is CC(C)(C)C1CCCN(c2cc(F)cc(CCl)c2)CC1. The lowest BCUT2D eigenvalue weighted by Gasteiger charge is -2.30. The van der Waals surface area contributed by atoms with Crippen LogP contribution >= 0.6 is 11.6 Å². The van der Waals surface area contributed by atoms with Gasteiger partial charge >= 0.3 is 0 Å². The number of halogens is 2. The monoisotopic (exact) mass is 297 g/mol. The van der Waals surface area contributed by atoms with E-state index in [-0.39, 0.29) is 5.82 Å². The number of benzene rings is 1. The Morgan fingerprint density at radius 2 is 1.95 bits per heavy atom. The minimum atomic E-state index is -0.185. The summed E-state index contributed by atoms with van der Waals surface area (Å²) in [5.74, 6) is 0.923. The second-order valence-electron chi connectivity index (χ2n) is 6.93. The van der Waals surface area contributed by atoms with Crippen molar-refractivity contribution in [2.45, 2.75) is 45.9 Å². The van der Waals surface area contributed by atoms with Crippen molar-refractivity contribution >= 4 is 17.3 Å². The van der Waals surface area contributed by atoms with Gasteiger partial charge in [0, 0.05) is 24.7 Å². The van der Waals surface area contributed by atoms with E-state index in [4.69, 9.17) is 11.6 Å². The van der Waals surface area contributed by atoms with E-state index in [0.29, 0.717) is 11.3 Å². The third kappa shape index (κ3) is 3.88. The Morgan fingerprint density at radius 1 is 1.20 bits per heavy atom. The van der Waals surface area contributed by atoms with E-state index in [1.807, 2.05) is 6.07 Å². The smallest absolute Gasteiger partial charge is 0.125 e. The summed E-state index contributed by atoms with van der Waals surface area (Å²) in [5, 5.41) is 0. The summed E-state index contributed by atoms with van der Waals surface area (Å²) in [6.45, 7) is 8.98. The first-order valence-electron chi connectivity index (χ1n) is 7.50. The molecule has 1 unspecified atom stereocenters. The van der Waals surface area contributed by atoms with Crippen LogP contribution in [0.15, 0.2) is 18.2 Å². The predicted octanol–water partition coefficient (Wildman–Crippen LogP) is 5.22. The lowest BCUT2D eigenvalue weighted by Crippen LogP contribution is -2.26. The summed E-state index contributed by atoms with van der Waals surface area (Å²) in [5.41, 5.74) is 2.20. The average molecular weight is 298 g/mol. The summed E-state index contributed by atoms with van der Waals surface area (Å²) in [7, 11) is 0. The molecule has 0 aliphatic carbocycles. The van der Waals surface area contributed by atoms with E-state index in [9.17, 15) is 4.39 Å². The molecule has 0 saturated carbocycles. The van der Waals surface area contributed by atoms with Gasteiger partial charge in [-0.2, -0.15) is 0 Å². The standard InChI is InChI=1S/C17H25ClFN/c1-17(2,3)14-5-4-7-20(8-6-14)16-10-13(12-18)9-15(19)11-16/h9-11,14H,4-8,12H2,1-3H3.